The van der Waals surface area contributed by atoms with Crippen LogP contribution in [0.25, 0.3) is 6.08 Å². The monoisotopic (exact) mass is 520 g/mol. The molecule has 0 spiro atoms. The van der Waals surface area contributed by atoms with Crippen LogP contribution in [-0.2, 0) is 11.2 Å². The van der Waals surface area contributed by atoms with Crippen LogP contribution in [0.5, 0.6) is 11.5 Å². The molecule has 36 heavy (non-hydrogen) atoms. The van der Waals surface area contributed by atoms with Crippen molar-refractivity contribution in [1.82, 2.24) is 4.90 Å². The normalized spacial score (nSPS) is 14.2. The molecular formula is C26H20N2O6S2. The Bertz CT molecular complexity index is 1370. The third kappa shape index (κ3) is 5.78. The van der Waals surface area contributed by atoms with E-state index in [4.69, 9.17) is 21.7 Å². The molecule has 3 aromatic rings. The molecule has 0 aliphatic carbocycles. The lowest BCUT2D eigenvalue weighted by Gasteiger charge is -2.14. The van der Waals surface area contributed by atoms with Crippen molar-refractivity contribution < 1.29 is 24.0 Å². The van der Waals surface area contributed by atoms with Crippen molar-refractivity contribution >= 4 is 51.9 Å². The van der Waals surface area contributed by atoms with Gasteiger partial charge in [-0.25, -0.2) is 4.79 Å². The summed E-state index contributed by atoms with van der Waals surface area (Å²) >= 11 is 6.65. The quantitative estimate of drug-likeness (QED) is 0.0990. The molecule has 1 aliphatic heterocycles. The third-order valence-electron chi connectivity index (χ3n) is 5.32. The number of rotatable bonds is 8. The molecule has 1 heterocycles. The Morgan fingerprint density at radius 3 is 2.58 bits per heavy atom. The van der Waals surface area contributed by atoms with Crippen molar-refractivity contribution in [2.45, 2.75) is 6.42 Å². The minimum absolute atomic E-state index is 0.0366. The first-order chi connectivity index (χ1) is 17.4. The molecule has 1 fully saturated rings. The highest BCUT2D eigenvalue weighted by molar-refractivity contribution is 8.26. The van der Waals surface area contributed by atoms with Crippen molar-refractivity contribution in [3.8, 4) is 11.5 Å². The van der Waals surface area contributed by atoms with Crippen molar-refractivity contribution in [2.75, 3.05) is 13.7 Å². The predicted octanol–water partition coefficient (Wildman–Crippen LogP) is 5.27. The van der Waals surface area contributed by atoms with Crippen LogP contribution >= 0.6 is 24.0 Å². The van der Waals surface area contributed by atoms with E-state index in [-0.39, 0.29) is 28.7 Å². The molecule has 1 amide bonds. The van der Waals surface area contributed by atoms with Crippen LogP contribution in [-0.4, -0.2) is 39.7 Å². The van der Waals surface area contributed by atoms with E-state index in [1.165, 1.54) is 43.1 Å². The van der Waals surface area contributed by atoms with Gasteiger partial charge in [0, 0.05) is 18.7 Å². The number of thiocarbonyl (C=S) groups is 1. The van der Waals surface area contributed by atoms with Crippen LogP contribution in [0.2, 0.25) is 0 Å². The van der Waals surface area contributed by atoms with E-state index in [1.807, 2.05) is 30.3 Å². The van der Waals surface area contributed by atoms with Crippen LogP contribution in [0.4, 0.5) is 5.69 Å². The van der Waals surface area contributed by atoms with Crippen molar-refractivity contribution in [1.29, 1.82) is 0 Å². The number of methoxy groups -OCH3 is 1. The number of non-ortho nitro benzene ring substituents is 1. The standard InChI is InChI=1S/C26H20N2O6S2/c1-33-22-14-18(10-11-21(22)34-25(30)19-8-5-9-20(16-19)28(31)32)15-23-24(29)27(26(35)36-23)13-12-17-6-3-2-4-7-17/h2-11,14-16H,12-13H2,1H3. The molecule has 4 rings (SSSR count). The van der Waals surface area contributed by atoms with Gasteiger partial charge in [0.1, 0.15) is 4.32 Å². The Hall–Kier alpha value is -4.02. The summed E-state index contributed by atoms with van der Waals surface area (Å²) in [5, 5.41) is 11.0. The fourth-order valence-electron chi connectivity index (χ4n) is 3.49. The largest absolute Gasteiger partial charge is 0.493 e. The molecule has 3 aromatic carbocycles. The Morgan fingerprint density at radius 1 is 1.08 bits per heavy atom. The van der Waals surface area contributed by atoms with Gasteiger partial charge in [-0.3, -0.25) is 19.8 Å². The van der Waals surface area contributed by atoms with Gasteiger partial charge in [-0.15, -0.1) is 0 Å². The van der Waals surface area contributed by atoms with Gasteiger partial charge in [-0.2, -0.15) is 0 Å². The number of carbonyl (C=O) groups excluding carboxylic acids is 2. The fraction of sp³-hybridized carbons (Fsp3) is 0.115. The molecule has 0 saturated carbocycles. The third-order valence-corrected chi connectivity index (χ3v) is 6.70. The SMILES string of the molecule is COc1cc(C=C2SC(=S)N(CCc3ccccc3)C2=O)ccc1OC(=O)c1cccc([N+](=O)[O-])c1. The average molecular weight is 521 g/mol. The maximum absolute atomic E-state index is 12.9. The zero-order valence-electron chi connectivity index (χ0n) is 19.1. The second-order valence-corrected chi connectivity index (χ2v) is 9.35. The molecule has 0 bridgehead atoms. The van der Waals surface area contributed by atoms with Gasteiger partial charge in [-0.05, 0) is 41.8 Å². The summed E-state index contributed by atoms with van der Waals surface area (Å²) in [4.78, 5) is 37.9. The first-order valence-electron chi connectivity index (χ1n) is 10.8. The second kappa shape index (κ2) is 11.1. The summed E-state index contributed by atoms with van der Waals surface area (Å²) in [5.41, 5.74) is 1.60. The second-order valence-electron chi connectivity index (χ2n) is 7.68. The average Bonchev–Trinajstić information content (AvgIpc) is 3.15. The molecule has 8 nitrogen and oxygen atoms in total. The first kappa shape index (κ1) is 25.1. The van der Waals surface area contributed by atoms with Gasteiger partial charge >= 0.3 is 5.97 Å². The molecule has 10 heteroatoms. The number of thioether (sulfide) groups is 1. The number of benzene rings is 3. The number of nitrogens with zero attached hydrogens (tertiary/aromatic N) is 2. The molecule has 1 aliphatic rings. The number of amides is 1. The highest BCUT2D eigenvalue weighted by Gasteiger charge is 2.31. The smallest absolute Gasteiger partial charge is 0.343 e. The lowest BCUT2D eigenvalue weighted by atomic mass is 10.1. The number of hydrogen-bond donors (Lipinski definition) is 0. The Balaban J connectivity index is 1.48. The van der Waals surface area contributed by atoms with Gasteiger partial charge in [0.15, 0.2) is 11.5 Å². The van der Waals surface area contributed by atoms with Crippen LogP contribution in [0, 0.1) is 10.1 Å². The van der Waals surface area contributed by atoms with Gasteiger partial charge in [0.05, 0.1) is 22.5 Å². The van der Waals surface area contributed by atoms with E-state index >= 15 is 0 Å². The highest BCUT2D eigenvalue weighted by atomic mass is 32.2. The number of nitro groups is 1. The van der Waals surface area contributed by atoms with Crippen LogP contribution in [0.15, 0.2) is 77.7 Å². The zero-order valence-corrected chi connectivity index (χ0v) is 20.7. The Morgan fingerprint density at radius 2 is 1.86 bits per heavy atom. The van der Waals surface area contributed by atoms with Crippen molar-refractivity contribution in [3.05, 3.63) is 105 Å². The highest BCUT2D eigenvalue weighted by Crippen LogP contribution is 2.35. The molecule has 1 saturated heterocycles. The number of ether oxygens (including phenoxy) is 2. The molecule has 182 valence electrons. The van der Waals surface area contributed by atoms with Crippen molar-refractivity contribution in [3.63, 3.8) is 0 Å². The van der Waals surface area contributed by atoms with E-state index in [1.54, 1.807) is 23.1 Å². The predicted molar refractivity (Wildman–Crippen MR) is 141 cm³/mol. The summed E-state index contributed by atoms with van der Waals surface area (Å²) in [7, 11) is 1.42. The Kier molecular flexibility index (Phi) is 7.77. The minimum Gasteiger partial charge on any atom is -0.493 e. The van der Waals surface area contributed by atoms with E-state index < -0.39 is 10.9 Å². The molecule has 0 N–H and O–H groups in total. The van der Waals surface area contributed by atoms with Crippen LogP contribution in [0.1, 0.15) is 21.5 Å². The summed E-state index contributed by atoms with van der Waals surface area (Å²) in [6, 6.07) is 20.0. The van der Waals surface area contributed by atoms with E-state index in [9.17, 15) is 19.7 Å². The zero-order chi connectivity index (χ0) is 25.7. The molecule has 0 aromatic heterocycles. The Labute approximate surface area is 216 Å². The number of carbonyl (C=O) groups is 2. The minimum atomic E-state index is -0.760. The maximum Gasteiger partial charge on any atom is 0.343 e. The first-order valence-corrected chi connectivity index (χ1v) is 12.0. The molecular weight excluding hydrogens is 500 g/mol. The fourth-order valence-corrected chi connectivity index (χ4v) is 4.80. The van der Waals surface area contributed by atoms with Gasteiger partial charge in [0.25, 0.3) is 11.6 Å². The maximum atomic E-state index is 12.9. The summed E-state index contributed by atoms with van der Waals surface area (Å²) < 4.78 is 11.3. The van der Waals surface area contributed by atoms with Crippen LogP contribution in [0.3, 0.4) is 0 Å². The summed E-state index contributed by atoms with van der Waals surface area (Å²) in [6.45, 7) is 0.488. The lowest BCUT2D eigenvalue weighted by Crippen LogP contribution is -2.30. The van der Waals surface area contributed by atoms with E-state index in [0.29, 0.717) is 27.8 Å². The molecule has 0 atom stereocenters. The number of esters is 1. The summed E-state index contributed by atoms with van der Waals surface area (Å²) in [5.74, 6) is -0.520. The van der Waals surface area contributed by atoms with Gasteiger partial charge in [0.2, 0.25) is 0 Å². The number of hydrogen-bond acceptors (Lipinski definition) is 8. The molecule has 0 radical (unpaired) electrons. The van der Waals surface area contributed by atoms with E-state index in [0.717, 1.165) is 11.6 Å². The van der Waals surface area contributed by atoms with E-state index in [2.05, 4.69) is 0 Å². The van der Waals surface area contributed by atoms with Gasteiger partial charge < -0.3 is 9.47 Å². The summed E-state index contributed by atoms with van der Waals surface area (Å²) in [6.07, 6.45) is 2.40. The number of nitro benzene ring substituents is 1. The lowest BCUT2D eigenvalue weighted by molar-refractivity contribution is -0.384. The van der Waals surface area contributed by atoms with Crippen molar-refractivity contribution in [2.24, 2.45) is 0 Å². The molecule has 0 unspecified atom stereocenters. The van der Waals surface area contributed by atoms with Gasteiger partial charge in [-0.1, -0.05) is 66.4 Å². The van der Waals surface area contributed by atoms with Crippen LogP contribution < -0.4 is 9.47 Å². The topological polar surface area (TPSA) is 99.0 Å².